The number of aromatic nitrogens is 3. The summed E-state index contributed by atoms with van der Waals surface area (Å²) in [5, 5.41) is 10.4. The van der Waals surface area contributed by atoms with Crippen molar-refractivity contribution in [1.29, 1.82) is 0 Å². The third kappa shape index (κ3) is 3.61. The molecule has 2 aromatic heterocycles. The van der Waals surface area contributed by atoms with E-state index < -0.39 is 11.7 Å². The highest BCUT2D eigenvalue weighted by molar-refractivity contribution is 6.01. The minimum absolute atomic E-state index is 0.0830. The minimum atomic E-state index is -0.454. The fourth-order valence-electron chi connectivity index (χ4n) is 3.20. The first kappa shape index (κ1) is 17.4. The fraction of sp³-hybridized carbons (Fsp3) is 0.316. The van der Waals surface area contributed by atoms with Crippen LogP contribution in [-0.2, 0) is 7.05 Å². The molecule has 7 nitrogen and oxygen atoms in total. The van der Waals surface area contributed by atoms with E-state index in [0.29, 0.717) is 23.2 Å². The van der Waals surface area contributed by atoms with Gasteiger partial charge in [-0.1, -0.05) is 12.1 Å². The molecule has 4 rings (SSSR count). The van der Waals surface area contributed by atoms with Gasteiger partial charge < -0.3 is 9.73 Å². The molecule has 3 heterocycles. The van der Waals surface area contributed by atoms with Crippen LogP contribution in [-0.4, -0.2) is 33.8 Å². The lowest BCUT2D eigenvalue weighted by Crippen LogP contribution is -2.27. The third-order valence-electron chi connectivity index (χ3n) is 4.68. The summed E-state index contributed by atoms with van der Waals surface area (Å²) in [7, 11) is 1.74. The highest BCUT2D eigenvalue weighted by atomic mass is 19.1. The van der Waals surface area contributed by atoms with Crippen molar-refractivity contribution in [2.45, 2.75) is 18.8 Å². The summed E-state index contributed by atoms with van der Waals surface area (Å²) in [6, 6.07) is 9.35. The molecule has 1 fully saturated rings. The van der Waals surface area contributed by atoms with Crippen molar-refractivity contribution >= 4 is 11.9 Å². The van der Waals surface area contributed by atoms with Crippen LogP contribution in [0.4, 0.5) is 10.3 Å². The van der Waals surface area contributed by atoms with Gasteiger partial charge in [0.25, 0.3) is 5.91 Å². The molecule has 27 heavy (non-hydrogen) atoms. The quantitative estimate of drug-likeness (QED) is 0.739. The lowest BCUT2D eigenvalue weighted by Gasteiger charge is -2.19. The van der Waals surface area contributed by atoms with Crippen molar-refractivity contribution in [3.05, 3.63) is 53.8 Å². The van der Waals surface area contributed by atoms with E-state index in [4.69, 9.17) is 4.42 Å². The molecule has 1 amide bonds. The zero-order chi connectivity index (χ0) is 18.8. The molecule has 3 aromatic rings. The Labute approximate surface area is 155 Å². The third-order valence-corrected chi connectivity index (χ3v) is 4.68. The first-order valence-electron chi connectivity index (χ1n) is 8.89. The summed E-state index contributed by atoms with van der Waals surface area (Å²) < 4.78 is 21.0. The average molecular weight is 369 g/mol. The minimum Gasteiger partial charge on any atom is -0.451 e. The van der Waals surface area contributed by atoms with Crippen molar-refractivity contribution in [2.24, 2.45) is 7.05 Å². The first-order valence-corrected chi connectivity index (χ1v) is 8.89. The van der Waals surface area contributed by atoms with Crippen LogP contribution in [0.3, 0.4) is 0 Å². The molecule has 0 bridgehead atoms. The van der Waals surface area contributed by atoms with Gasteiger partial charge in [-0.2, -0.15) is 10.1 Å². The number of benzene rings is 1. The largest absolute Gasteiger partial charge is 0.451 e. The number of carbonyl (C=O) groups excluding carboxylic acids is 1. The fourth-order valence-corrected chi connectivity index (χ4v) is 3.20. The number of anilines is 1. The Morgan fingerprint density at radius 3 is 2.81 bits per heavy atom. The molecule has 8 heteroatoms. The summed E-state index contributed by atoms with van der Waals surface area (Å²) in [5.41, 5.74) is 0.309. The highest BCUT2D eigenvalue weighted by Gasteiger charge is 2.22. The normalized spacial score (nSPS) is 15.0. The van der Waals surface area contributed by atoms with Crippen molar-refractivity contribution in [3.8, 4) is 11.3 Å². The van der Waals surface area contributed by atoms with Crippen LogP contribution in [0.2, 0.25) is 0 Å². The van der Waals surface area contributed by atoms with E-state index in [1.54, 1.807) is 36.0 Å². The summed E-state index contributed by atoms with van der Waals surface area (Å²) in [4.78, 5) is 17.0. The van der Waals surface area contributed by atoms with E-state index >= 15 is 0 Å². The number of amides is 1. The van der Waals surface area contributed by atoms with Crippen LogP contribution in [0.15, 0.2) is 40.8 Å². The lowest BCUT2D eigenvalue weighted by atomic mass is 9.98. The summed E-state index contributed by atoms with van der Waals surface area (Å²) in [6.07, 6.45) is 1.95. The zero-order valence-corrected chi connectivity index (χ0v) is 14.9. The van der Waals surface area contributed by atoms with Crippen molar-refractivity contribution in [3.63, 3.8) is 0 Å². The molecule has 0 aliphatic carbocycles. The molecular formula is C19H20FN5O2. The van der Waals surface area contributed by atoms with Gasteiger partial charge in [-0.05, 0) is 50.2 Å². The van der Waals surface area contributed by atoms with Gasteiger partial charge in [0.05, 0.1) is 5.56 Å². The molecule has 0 unspecified atom stereocenters. The molecule has 0 radical (unpaired) electrons. The van der Waals surface area contributed by atoms with Crippen molar-refractivity contribution in [1.82, 2.24) is 20.1 Å². The Hall–Kier alpha value is -3.00. The Bertz CT molecular complexity index is 959. The number of hydrogen-bond acceptors (Lipinski definition) is 5. The molecule has 2 N–H and O–H groups in total. The van der Waals surface area contributed by atoms with E-state index in [-0.39, 0.29) is 5.76 Å². The second kappa shape index (κ2) is 7.32. The van der Waals surface area contributed by atoms with E-state index in [0.717, 1.165) is 31.8 Å². The van der Waals surface area contributed by atoms with Gasteiger partial charge in [0.15, 0.2) is 11.6 Å². The molecule has 140 valence electrons. The summed E-state index contributed by atoms with van der Waals surface area (Å²) in [6.45, 7) is 1.88. The van der Waals surface area contributed by atoms with Gasteiger partial charge in [-0.15, -0.1) is 0 Å². The standard InChI is InChI=1S/C19H20FN5O2/c1-25-19(22-17(24-25)12-8-10-21-11-9-12)23-18(26)16-7-6-15(27-16)13-4-2-3-5-14(13)20/h2-7,12,21H,8-11H2,1H3,(H,22,23,24,26). The van der Waals surface area contributed by atoms with E-state index in [9.17, 15) is 9.18 Å². The van der Waals surface area contributed by atoms with Crippen LogP contribution >= 0.6 is 0 Å². The number of rotatable bonds is 4. The van der Waals surface area contributed by atoms with E-state index in [1.165, 1.54) is 12.1 Å². The number of nitrogens with zero attached hydrogens (tertiary/aromatic N) is 3. The van der Waals surface area contributed by atoms with Gasteiger partial charge in [-0.25, -0.2) is 9.07 Å². The van der Waals surface area contributed by atoms with Crippen LogP contribution in [0, 0.1) is 5.82 Å². The average Bonchev–Trinajstić information content (AvgIpc) is 3.30. The van der Waals surface area contributed by atoms with Gasteiger partial charge in [0.1, 0.15) is 11.6 Å². The molecular weight excluding hydrogens is 349 g/mol. The lowest BCUT2D eigenvalue weighted by molar-refractivity contribution is 0.0996. The summed E-state index contributed by atoms with van der Waals surface area (Å²) in [5.74, 6) is 0.910. The Balaban J connectivity index is 1.50. The monoisotopic (exact) mass is 369 g/mol. The van der Waals surface area contributed by atoms with E-state index in [2.05, 4.69) is 20.7 Å². The van der Waals surface area contributed by atoms with Gasteiger partial charge in [0.2, 0.25) is 5.95 Å². The number of nitrogens with one attached hydrogen (secondary N) is 2. The first-order chi connectivity index (χ1) is 13.1. The number of piperidine rings is 1. The number of hydrogen-bond donors (Lipinski definition) is 2. The van der Waals surface area contributed by atoms with Crippen LogP contribution in [0.25, 0.3) is 11.3 Å². The van der Waals surface area contributed by atoms with Gasteiger partial charge >= 0.3 is 0 Å². The number of halogens is 1. The van der Waals surface area contributed by atoms with Gasteiger partial charge in [0, 0.05) is 13.0 Å². The van der Waals surface area contributed by atoms with Gasteiger partial charge in [-0.3, -0.25) is 10.1 Å². The molecule has 1 aromatic carbocycles. The van der Waals surface area contributed by atoms with Crippen LogP contribution in [0.5, 0.6) is 0 Å². The van der Waals surface area contributed by atoms with Crippen molar-refractivity contribution in [2.75, 3.05) is 18.4 Å². The van der Waals surface area contributed by atoms with Crippen LogP contribution in [0.1, 0.15) is 35.1 Å². The molecule has 1 saturated heterocycles. The maximum absolute atomic E-state index is 13.9. The Morgan fingerprint density at radius 2 is 2.04 bits per heavy atom. The predicted molar refractivity (Wildman–Crippen MR) is 97.9 cm³/mol. The zero-order valence-electron chi connectivity index (χ0n) is 14.9. The number of furan rings is 1. The molecule has 0 saturated carbocycles. The second-order valence-corrected chi connectivity index (χ2v) is 6.54. The molecule has 0 spiro atoms. The number of aryl methyl sites for hydroxylation is 1. The summed E-state index contributed by atoms with van der Waals surface area (Å²) >= 11 is 0. The maximum Gasteiger partial charge on any atom is 0.293 e. The number of carbonyl (C=O) groups is 1. The SMILES string of the molecule is Cn1nc(C2CCNCC2)nc1NC(=O)c1ccc(-c2ccccc2F)o1. The molecule has 1 aliphatic heterocycles. The predicted octanol–water partition coefficient (Wildman–Crippen LogP) is 2.93. The van der Waals surface area contributed by atoms with E-state index in [1.807, 2.05) is 0 Å². The van der Waals surface area contributed by atoms with Crippen LogP contribution < -0.4 is 10.6 Å². The molecule has 0 atom stereocenters. The topological polar surface area (TPSA) is 85.0 Å². The maximum atomic E-state index is 13.9. The Morgan fingerprint density at radius 1 is 1.26 bits per heavy atom. The smallest absolute Gasteiger partial charge is 0.293 e. The highest BCUT2D eigenvalue weighted by Crippen LogP contribution is 2.26. The van der Waals surface area contributed by atoms with Crippen molar-refractivity contribution < 1.29 is 13.6 Å². The Kier molecular flexibility index (Phi) is 4.72. The second-order valence-electron chi connectivity index (χ2n) is 6.54. The molecule has 1 aliphatic rings.